The van der Waals surface area contributed by atoms with Crippen molar-refractivity contribution >= 4 is 23.1 Å². The molecule has 7 heteroatoms. The number of carbonyl (C=O) groups excluding carboxylic acids is 1. The summed E-state index contributed by atoms with van der Waals surface area (Å²) >= 11 is 0. The minimum absolute atomic E-state index is 0.176. The summed E-state index contributed by atoms with van der Waals surface area (Å²) in [6, 6.07) is 8.12. The molecule has 0 aliphatic carbocycles. The Morgan fingerprint density at radius 1 is 1.29 bits per heavy atom. The highest BCUT2D eigenvalue weighted by Gasteiger charge is 2.23. The second-order valence-electron chi connectivity index (χ2n) is 5.79. The monoisotopic (exact) mass is 322 g/mol. The SMILES string of the molecule is O=C(CCCNc1nccn2cnnc12)N1CCc2ccccc21. The third-order valence-corrected chi connectivity index (χ3v) is 4.26. The first-order chi connectivity index (χ1) is 11.8. The number of anilines is 2. The van der Waals surface area contributed by atoms with Gasteiger partial charge in [-0.3, -0.25) is 9.20 Å². The van der Waals surface area contributed by atoms with Gasteiger partial charge in [0, 0.05) is 37.6 Å². The first-order valence-electron chi connectivity index (χ1n) is 8.09. The topological polar surface area (TPSA) is 75.4 Å². The minimum atomic E-state index is 0.176. The van der Waals surface area contributed by atoms with E-state index in [0.717, 1.165) is 25.1 Å². The Labute approximate surface area is 139 Å². The van der Waals surface area contributed by atoms with Gasteiger partial charge < -0.3 is 10.2 Å². The van der Waals surface area contributed by atoms with E-state index in [-0.39, 0.29) is 5.91 Å². The van der Waals surface area contributed by atoms with Crippen LogP contribution in [0.1, 0.15) is 18.4 Å². The molecule has 7 nitrogen and oxygen atoms in total. The molecule has 1 aliphatic rings. The molecule has 0 spiro atoms. The van der Waals surface area contributed by atoms with Gasteiger partial charge in [0.05, 0.1) is 0 Å². The van der Waals surface area contributed by atoms with Crippen molar-refractivity contribution in [2.24, 2.45) is 0 Å². The van der Waals surface area contributed by atoms with Gasteiger partial charge in [-0.2, -0.15) is 0 Å². The van der Waals surface area contributed by atoms with E-state index in [1.165, 1.54) is 5.56 Å². The molecule has 1 aliphatic heterocycles. The predicted octanol–water partition coefficient (Wildman–Crippen LogP) is 1.91. The lowest BCUT2D eigenvalue weighted by atomic mass is 10.2. The maximum Gasteiger partial charge on any atom is 0.227 e. The third-order valence-electron chi connectivity index (χ3n) is 4.26. The van der Waals surface area contributed by atoms with Crippen LogP contribution in [0, 0.1) is 0 Å². The Morgan fingerprint density at radius 2 is 2.21 bits per heavy atom. The average molecular weight is 322 g/mol. The molecule has 0 saturated carbocycles. The van der Waals surface area contributed by atoms with Crippen molar-refractivity contribution in [3.05, 3.63) is 48.5 Å². The number of para-hydroxylation sites is 1. The zero-order valence-corrected chi connectivity index (χ0v) is 13.2. The number of amides is 1. The van der Waals surface area contributed by atoms with Crippen LogP contribution in [0.4, 0.5) is 11.5 Å². The zero-order chi connectivity index (χ0) is 16.4. The number of nitrogens with zero attached hydrogens (tertiary/aromatic N) is 5. The summed E-state index contributed by atoms with van der Waals surface area (Å²) in [6.45, 7) is 1.45. The first-order valence-corrected chi connectivity index (χ1v) is 8.09. The summed E-state index contributed by atoms with van der Waals surface area (Å²) < 4.78 is 1.81. The molecule has 1 N–H and O–H groups in total. The molecule has 0 radical (unpaired) electrons. The third kappa shape index (κ3) is 2.68. The van der Waals surface area contributed by atoms with Crippen LogP contribution in [-0.2, 0) is 11.2 Å². The normalized spacial score (nSPS) is 13.2. The molecule has 0 saturated heterocycles. The largest absolute Gasteiger partial charge is 0.367 e. The maximum atomic E-state index is 12.4. The molecule has 24 heavy (non-hydrogen) atoms. The van der Waals surface area contributed by atoms with E-state index in [9.17, 15) is 4.79 Å². The van der Waals surface area contributed by atoms with Crippen LogP contribution in [-0.4, -0.2) is 38.6 Å². The molecule has 4 rings (SSSR count). The minimum Gasteiger partial charge on any atom is -0.367 e. The van der Waals surface area contributed by atoms with E-state index in [2.05, 4.69) is 26.6 Å². The van der Waals surface area contributed by atoms with E-state index in [1.54, 1.807) is 18.7 Å². The van der Waals surface area contributed by atoms with Crippen molar-refractivity contribution < 1.29 is 4.79 Å². The van der Waals surface area contributed by atoms with Gasteiger partial charge >= 0.3 is 0 Å². The molecule has 0 bridgehead atoms. The molecule has 2 aromatic heterocycles. The predicted molar refractivity (Wildman–Crippen MR) is 91.0 cm³/mol. The van der Waals surface area contributed by atoms with Crippen molar-refractivity contribution in [2.45, 2.75) is 19.3 Å². The summed E-state index contributed by atoms with van der Waals surface area (Å²) in [5, 5.41) is 11.1. The Kier molecular flexibility index (Phi) is 3.82. The highest BCUT2D eigenvalue weighted by molar-refractivity contribution is 5.95. The Hall–Kier alpha value is -2.96. The number of carbonyl (C=O) groups is 1. The van der Waals surface area contributed by atoms with Crippen LogP contribution in [0.5, 0.6) is 0 Å². The van der Waals surface area contributed by atoms with Gasteiger partial charge in [0.2, 0.25) is 11.6 Å². The van der Waals surface area contributed by atoms with Crippen molar-refractivity contribution in [2.75, 3.05) is 23.3 Å². The lowest BCUT2D eigenvalue weighted by Crippen LogP contribution is -2.29. The molecule has 0 atom stereocenters. The summed E-state index contributed by atoms with van der Waals surface area (Å²) in [5.41, 5.74) is 3.01. The number of nitrogens with one attached hydrogen (secondary N) is 1. The molecule has 1 amide bonds. The fraction of sp³-hybridized carbons (Fsp3) is 0.294. The Balaban J connectivity index is 1.32. The van der Waals surface area contributed by atoms with Gasteiger partial charge in [-0.15, -0.1) is 10.2 Å². The number of fused-ring (bicyclic) bond motifs is 2. The number of hydrogen-bond acceptors (Lipinski definition) is 5. The number of benzene rings is 1. The van der Waals surface area contributed by atoms with Gasteiger partial charge in [-0.05, 0) is 24.5 Å². The van der Waals surface area contributed by atoms with Crippen molar-refractivity contribution in [1.29, 1.82) is 0 Å². The van der Waals surface area contributed by atoms with E-state index < -0.39 is 0 Å². The van der Waals surface area contributed by atoms with E-state index in [0.29, 0.717) is 24.4 Å². The summed E-state index contributed by atoms with van der Waals surface area (Å²) in [6.07, 6.45) is 7.33. The van der Waals surface area contributed by atoms with Crippen LogP contribution < -0.4 is 10.2 Å². The fourth-order valence-corrected chi connectivity index (χ4v) is 3.06. The lowest BCUT2D eigenvalue weighted by Gasteiger charge is -2.17. The second kappa shape index (κ2) is 6.27. The van der Waals surface area contributed by atoms with E-state index in [1.807, 2.05) is 27.5 Å². The Morgan fingerprint density at radius 3 is 3.17 bits per heavy atom. The smallest absolute Gasteiger partial charge is 0.227 e. The van der Waals surface area contributed by atoms with Crippen LogP contribution in [0.2, 0.25) is 0 Å². The maximum absolute atomic E-state index is 12.4. The second-order valence-corrected chi connectivity index (χ2v) is 5.79. The molecular formula is C17H18N6O. The van der Waals surface area contributed by atoms with Gasteiger partial charge in [0.1, 0.15) is 6.33 Å². The number of rotatable bonds is 5. The summed E-state index contributed by atoms with van der Waals surface area (Å²) in [4.78, 5) is 18.6. The van der Waals surface area contributed by atoms with Crippen LogP contribution in [0.25, 0.3) is 5.65 Å². The Bertz CT molecular complexity index is 874. The zero-order valence-electron chi connectivity index (χ0n) is 13.2. The molecule has 1 aromatic carbocycles. The molecular weight excluding hydrogens is 304 g/mol. The molecule has 0 unspecified atom stereocenters. The standard InChI is InChI=1S/C17H18N6O/c24-15(23-10-7-13-4-1-2-5-14(13)23)6-3-8-18-16-17-21-20-12-22(17)11-9-19-16/h1-2,4-5,9,11-12H,3,6-8,10H2,(H,18,19). The quantitative estimate of drug-likeness (QED) is 0.726. The molecule has 122 valence electrons. The lowest BCUT2D eigenvalue weighted by molar-refractivity contribution is -0.118. The summed E-state index contributed by atoms with van der Waals surface area (Å²) in [5.74, 6) is 0.865. The first kappa shape index (κ1) is 14.6. The van der Waals surface area contributed by atoms with E-state index >= 15 is 0 Å². The highest BCUT2D eigenvalue weighted by atomic mass is 16.2. The number of aromatic nitrogens is 4. The number of hydrogen-bond donors (Lipinski definition) is 1. The van der Waals surface area contributed by atoms with Crippen molar-refractivity contribution in [3.63, 3.8) is 0 Å². The average Bonchev–Trinajstić information content (AvgIpc) is 3.25. The summed E-state index contributed by atoms with van der Waals surface area (Å²) in [7, 11) is 0. The molecule has 0 fully saturated rings. The van der Waals surface area contributed by atoms with Gasteiger partial charge in [-0.25, -0.2) is 4.98 Å². The van der Waals surface area contributed by atoms with Crippen molar-refractivity contribution in [3.8, 4) is 0 Å². The van der Waals surface area contributed by atoms with Gasteiger partial charge in [-0.1, -0.05) is 18.2 Å². The van der Waals surface area contributed by atoms with E-state index in [4.69, 9.17) is 0 Å². The van der Waals surface area contributed by atoms with Crippen LogP contribution >= 0.6 is 0 Å². The highest BCUT2D eigenvalue weighted by Crippen LogP contribution is 2.28. The van der Waals surface area contributed by atoms with Gasteiger partial charge in [0.25, 0.3) is 0 Å². The fourth-order valence-electron chi connectivity index (χ4n) is 3.06. The molecule has 3 aromatic rings. The van der Waals surface area contributed by atoms with Crippen LogP contribution in [0.15, 0.2) is 43.0 Å². The van der Waals surface area contributed by atoms with Crippen molar-refractivity contribution in [1.82, 2.24) is 19.6 Å². The molecule has 3 heterocycles. The van der Waals surface area contributed by atoms with Crippen LogP contribution in [0.3, 0.4) is 0 Å². The van der Waals surface area contributed by atoms with Gasteiger partial charge in [0.15, 0.2) is 5.82 Å².